The summed E-state index contributed by atoms with van der Waals surface area (Å²) in [7, 11) is 0. The lowest BCUT2D eigenvalue weighted by Crippen LogP contribution is -2.39. The predicted octanol–water partition coefficient (Wildman–Crippen LogP) is 4.16. The van der Waals surface area contributed by atoms with E-state index < -0.39 is 12.0 Å². The Bertz CT molecular complexity index is 1350. The van der Waals surface area contributed by atoms with Crippen molar-refractivity contribution in [2.45, 2.75) is 46.1 Å². The number of allylic oxidation sites excluding steroid dienone is 1. The fourth-order valence-electron chi connectivity index (χ4n) is 3.74. The Morgan fingerprint density at radius 2 is 1.94 bits per heavy atom. The van der Waals surface area contributed by atoms with E-state index in [1.54, 1.807) is 18.4 Å². The lowest BCUT2D eigenvalue weighted by molar-refractivity contribution is -0.139. The van der Waals surface area contributed by atoms with Crippen molar-refractivity contribution >= 4 is 34.7 Å². The summed E-state index contributed by atoms with van der Waals surface area (Å²) in [4.78, 5) is 32.4. The highest BCUT2D eigenvalue weighted by Crippen LogP contribution is 2.33. The molecule has 0 bridgehead atoms. The van der Waals surface area contributed by atoms with E-state index in [-0.39, 0.29) is 17.6 Å². The minimum Gasteiger partial charge on any atom is -0.463 e. The number of hydrogen-bond donors (Lipinski definition) is 0. The van der Waals surface area contributed by atoms with Crippen LogP contribution in [0.4, 0.5) is 0 Å². The van der Waals surface area contributed by atoms with Gasteiger partial charge in [-0.15, -0.1) is 11.3 Å². The maximum absolute atomic E-state index is 13.5. The maximum Gasteiger partial charge on any atom is 0.338 e. The minimum absolute atomic E-state index is 0.0691. The first kappa shape index (κ1) is 22.4. The molecule has 1 aliphatic heterocycles. The molecule has 166 valence electrons. The molecule has 7 heteroatoms. The number of benzene rings is 1. The van der Waals surface area contributed by atoms with Gasteiger partial charge in [-0.3, -0.25) is 9.36 Å². The number of aromatic nitrogens is 1. The second-order valence-electron chi connectivity index (χ2n) is 8.69. The van der Waals surface area contributed by atoms with Crippen molar-refractivity contribution in [3.05, 3.63) is 88.7 Å². The molecule has 3 heterocycles. The van der Waals surface area contributed by atoms with Crippen molar-refractivity contribution in [3.8, 4) is 0 Å². The number of ether oxygens (including phenoxy) is 1. The van der Waals surface area contributed by atoms with E-state index in [9.17, 15) is 9.59 Å². The Kier molecular flexibility index (Phi) is 6.05. The van der Waals surface area contributed by atoms with Gasteiger partial charge in [0.15, 0.2) is 4.80 Å². The van der Waals surface area contributed by atoms with Gasteiger partial charge in [-0.25, -0.2) is 9.79 Å². The SMILES string of the molecule is CCOC(=O)C1=C(C)N=c2s/c(=C/c3ccc(C(C)(C)C)cc3)c(=O)n2C1c1cccs1. The van der Waals surface area contributed by atoms with Crippen LogP contribution in [0.5, 0.6) is 0 Å². The largest absolute Gasteiger partial charge is 0.463 e. The molecule has 0 amide bonds. The number of hydrogen-bond acceptors (Lipinski definition) is 6. The summed E-state index contributed by atoms with van der Waals surface area (Å²) in [5.41, 5.74) is 3.12. The molecule has 1 unspecified atom stereocenters. The minimum atomic E-state index is -0.532. The summed E-state index contributed by atoms with van der Waals surface area (Å²) in [5, 5.41) is 1.94. The molecule has 5 nitrogen and oxygen atoms in total. The van der Waals surface area contributed by atoms with Gasteiger partial charge in [-0.2, -0.15) is 0 Å². The summed E-state index contributed by atoms with van der Waals surface area (Å²) >= 11 is 2.86. The van der Waals surface area contributed by atoms with Crippen LogP contribution in [0.25, 0.3) is 6.08 Å². The van der Waals surface area contributed by atoms with Crippen molar-refractivity contribution < 1.29 is 9.53 Å². The topological polar surface area (TPSA) is 60.7 Å². The van der Waals surface area contributed by atoms with Gasteiger partial charge in [0.1, 0.15) is 6.04 Å². The number of fused-ring (bicyclic) bond motifs is 1. The molecule has 32 heavy (non-hydrogen) atoms. The fraction of sp³-hybridized carbons (Fsp3) is 0.320. The van der Waals surface area contributed by atoms with Gasteiger partial charge < -0.3 is 4.74 Å². The van der Waals surface area contributed by atoms with Crippen LogP contribution in [0.1, 0.15) is 56.7 Å². The molecule has 3 aromatic rings. The molecular formula is C25H26N2O3S2. The van der Waals surface area contributed by atoms with Crippen LogP contribution in [0.15, 0.2) is 62.8 Å². The van der Waals surface area contributed by atoms with Gasteiger partial charge >= 0.3 is 5.97 Å². The molecular weight excluding hydrogens is 440 g/mol. The molecule has 1 aliphatic rings. The third-order valence-electron chi connectivity index (χ3n) is 5.40. The van der Waals surface area contributed by atoms with E-state index in [0.717, 1.165) is 10.4 Å². The second-order valence-corrected chi connectivity index (χ2v) is 10.7. The van der Waals surface area contributed by atoms with Crippen LogP contribution in [0.3, 0.4) is 0 Å². The molecule has 0 saturated heterocycles. The van der Waals surface area contributed by atoms with Crippen LogP contribution in [-0.4, -0.2) is 17.1 Å². The zero-order valence-corrected chi connectivity index (χ0v) is 20.5. The summed E-state index contributed by atoms with van der Waals surface area (Å²) in [6.07, 6.45) is 1.89. The number of esters is 1. The van der Waals surface area contributed by atoms with E-state index in [4.69, 9.17) is 4.74 Å². The third-order valence-corrected chi connectivity index (χ3v) is 7.31. The molecule has 1 aromatic carbocycles. The Morgan fingerprint density at radius 3 is 2.53 bits per heavy atom. The van der Waals surface area contributed by atoms with Crippen molar-refractivity contribution in [1.82, 2.24) is 4.57 Å². The Hall–Kier alpha value is -2.77. The van der Waals surface area contributed by atoms with Crippen molar-refractivity contribution in [3.63, 3.8) is 0 Å². The molecule has 1 atom stereocenters. The monoisotopic (exact) mass is 466 g/mol. The van der Waals surface area contributed by atoms with Crippen LogP contribution >= 0.6 is 22.7 Å². The quantitative estimate of drug-likeness (QED) is 0.543. The van der Waals surface area contributed by atoms with E-state index in [2.05, 4.69) is 37.9 Å². The molecule has 0 spiro atoms. The highest BCUT2D eigenvalue weighted by atomic mass is 32.1. The summed E-state index contributed by atoms with van der Waals surface area (Å²) in [6, 6.07) is 11.6. The predicted molar refractivity (Wildman–Crippen MR) is 130 cm³/mol. The van der Waals surface area contributed by atoms with E-state index in [0.29, 0.717) is 20.6 Å². The van der Waals surface area contributed by atoms with Crippen LogP contribution < -0.4 is 14.9 Å². The third kappa shape index (κ3) is 4.14. The molecule has 0 aliphatic carbocycles. The van der Waals surface area contributed by atoms with Gasteiger partial charge in [0.25, 0.3) is 5.56 Å². The Labute approximate surface area is 195 Å². The van der Waals surface area contributed by atoms with E-state index in [1.807, 2.05) is 35.7 Å². The lowest BCUT2D eigenvalue weighted by Gasteiger charge is -2.23. The van der Waals surface area contributed by atoms with Crippen LogP contribution in [0, 0.1) is 0 Å². The average molecular weight is 467 g/mol. The molecule has 2 aromatic heterocycles. The van der Waals surface area contributed by atoms with Crippen molar-refractivity contribution in [2.75, 3.05) is 6.61 Å². The Balaban J connectivity index is 1.86. The summed E-state index contributed by atoms with van der Waals surface area (Å²) in [5.74, 6) is -0.431. The zero-order chi connectivity index (χ0) is 23.0. The first-order chi connectivity index (χ1) is 15.2. The highest BCUT2D eigenvalue weighted by Gasteiger charge is 2.33. The van der Waals surface area contributed by atoms with Crippen LogP contribution in [0.2, 0.25) is 0 Å². The van der Waals surface area contributed by atoms with Crippen molar-refractivity contribution in [2.24, 2.45) is 4.99 Å². The number of carbonyl (C=O) groups excluding carboxylic acids is 1. The highest BCUT2D eigenvalue weighted by molar-refractivity contribution is 7.10. The first-order valence-corrected chi connectivity index (χ1v) is 12.2. The van der Waals surface area contributed by atoms with Gasteiger partial charge in [0.05, 0.1) is 22.4 Å². The standard InChI is InChI=1S/C25H26N2O3S2/c1-6-30-23(29)20-15(2)26-24-27(21(20)18-8-7-13-31-18)22(28)19(32-24)14-16-9-11-17(12-10-16)25(3,4)5/h7-14,21H,6H2,1-5H3/b19-14+. The number of thiophene rings is 1. The number of thiazole rings is 1. The van der Waals surface area contributed by atoms with E-state index >= 15 is 0 Å². The average Bonchev–Trinajstić information content (AvgIpc) is 3.36. The van der Waals surface area contributed by atoms with Crippen molar-refractivity contribution in [1.29, 1.82) is 0 Å². The number of rotatable bonds is 4. The van der Waals surface area contributed by atoms with Gasteiger partial charge in [-0.1, -0.05) is 62.4 Å². The molecule has 0 radical (unpaired) electrons. The fourth-order valence-corrected chi connectivity index (χ4v) is 5.61. The Morgan fingerprint density at radius 1 is 1.22 bits per heavy atom. The molecule has 0 saturated carbocycles. The smallest absolute Gasteiger partial charge is 0.338 e. The second kappa shape index (κ2) is 8.64. The summed E-state index contributed by atoms with van der Waals surface area (Å²) in [6.45, 7) is 10.4. The first-order valence-electron chi connectivity index (χ1n) is 10.5. The zero-order valence-electron chi connectivity index (χ0n) is 18.8. The lowest BCUT2D eigenvalue weighted by atomic mass is 9.87. The molecule has 0 N–H and O–H groups in total. The van der Waals surface area contributed by atoms with Gasteiger partial charge in [0, 0.05) is 4.88 Å². The summed E-state index contributed by atoms with van der Waals surface area (Å²) < 4.78 is 7.52. The van der Waals surface area contributed by atoms with Crippen LogP contribution in [-0.2, 0) is 14.9 Å². The molecule has 0 fully saturated rings. The van der Waals surface area contributed by atoms with E-state index in [1.165, 1.54) is 28.2 Å². The van der Waals surface area contributed by atoms with Gasteiger partial charge in [0.2, 0.25) is 0 Å². The molecule has 4 rings (SSSR count). The number of carbonyl (C=O) groups is 1. The normalized spacial score (nSPS) is 16.7. The number of nitrogens with zero attached hydrogens (tertiary/aromatic N) is 2. The maximum atomic E-state index is 13.5. The van der Waals surface area contributed by atoms with Gasteiger partial charge in [-0.05, 0) is 47.9 Å².